The first-order valence-corrected chi connectivity index (χ1v) is 7.95. The van der Waals surface area contributed by atoms with Crippen molar-refractivity contribution in [1.82, 2.24) is 5.32 Å². The van der Waals surface area contributed by atoms with E-state index >= 15 is 0 Å². The van der Waals surface area contributed by atoms with Gasteiger partial charge in [0, 0.05) is 6.54 Å². The molecule has 1 heteroatoms. The quantitative estimate of drug-likeness (QED) is 0.466. The van der Waals surface area contributed by atoms with E-state index in [1.165, 1.54) is 70.9 Å². The fourth-order valence-corrected chi connectivity index (χ4v) is 2.58. The van der Waals surface area contributed by atoms with Gasteiger partial charge in [0.2, 0.25) is 0 Å². The first-order chi connectivity index (χ1) is 8.24. The Hall–Kier alpha value is -0.0400. The number of hydrogen-bond donors (Lipinski definition) is 1. The van der Waals surface area contributed by atoms with Crippen molar-refractivity contribution in [2.45, 2.75) is 85.5 Å². The summed E-state index contributed by atoms with van der Waals surface area (Å²) in [5, 5.41) is 3.63. The Labute approximate surface area is 110 Å². The highest BCUT2D eigenvalue weighted by Crippen LogP contribution is 2.32. The van der Waals surface area contributed by atoms with Gasteiger partial charge in [-0.3, -0.25) is 0 Å². The summed E-state index contributed by atoms with van der Waals surface area (Å²) in [6, 6.07) is 0. The molecular weight excluding hydrogens is 206 g/mol. The van der Waals surface area contributed by atoms with Crippen LogP contribution in [-0.4, -0.2) is 13.1 Å². The van der Waals surface area contributed by atoms with Gasteiger partial charge in [-0.1, -0.05) is 59.8 Å². The van der Waals surface area contributed by atoms with Crippen LogP contribution in [0.15, 0.2) is 0 Å². The van der Waals surface area contributed by atoms with Crippen molar-refractivity contribution < 1.29 is 0 Å². The monoisotopic (exact) mass is 241 g/mol. The molecule has 0 saturated carbocycles. The molecule has 0 rings (SSSR count). The van der Waals surface area contributed by atoms with Gasteiger partial charge in [0.05, 0.1) is 0 Å². The first kappa shape index (κ1) is 17.0. The standard InChI is InChI=1S/C16H35N/c1-5-9-10-11-12-13-16(7-3,8-4)15-17-14-6-2/h17H,5-15H2,1-4H3. The van der Waals surface area contributed by atoms with Crippen LogP contribution < -0.4 is 5.32 Å². The Balaban J connectivity index is 3.85. The summed E-state index contributed by atoms with van der Waals surface area (Å²) in [4.78, 5) is 0. The van der Waals surface area contributed by atoms with E-state index in [2.05, 4.69) is 33.0 Å². The van der Waals surface area contributed by atoms with Gasteiger partial charge in [0.25, 0.3) is 0 Å². The summed E-state index contributed by atoms with van der Waals surface area (Å²) in [6.45, 7) is 11.7. The van der Waals surface area contributed by atoms with Crippen molar-refractivity contribution in [2.75, 3.05) is 13.1 Å². The second-order valence-electron chi connectivity index (χ2n) is 5.55. The second kappa shape index (κ2) is 11.1. The lowest BCUT2D eigenvalue weighted by Gasteiger charge is -2.32. The van der Waals surface area contributed by atoms with Crippen LogP contribution >= 0.6 is 0 Å². The van der Waals surface area contributed by atoms with Gasteiger partial charge in [0.15, 0.2) is 0 Å². The summed E-state index contributed by atoms with van der Waals surface area (Å²) in [7, 11) is 0. The smallest absolute Gasteiger partial charge is 0.000760 e. The Morgan fingerprint density at radius 2 is 1.41 bits per heavy atom. The lowest BCUT2D eigenvalue weighted by molar-refractivity contribution is 0.220. The van der Waals surface area contributed by atoms with Crippen LogP contribution in [0.25, 0.3) is 0 Å². The third kappa shape index (κ3) is 7.81. The summed E-state index contributed by atoms with van der Waals surface area (Å²) >= 11 is 0. The Morgan fingerprint density at radius 1 is 0.765 bits per heavy atom. The van der Waals surface area contributed by atoms with Gasteiger partial charge < -0.3 is 5.32 Å². The van der Waals surface area contributed by atoms with Gasteiger partial charge in [-0.05, 0) is 37.6 Å². The highest BCUT2D eigenvalue weighted by molar-refractivity contribution is 4.79. The average Bonchev–Trinajstić information content (AvgIpc) is 2.37. The average molecular weight is 241 g/mol. The van der Waals surface area contributed by atoms with E-state index in [4.69, 9.17) is 0 Å². The minimum atomic E-state index is 0.571. The number of hydrogen-bond acceptors (Lipinski definition) is 1. The predicted molar refractivity (Wildman–Crippen MR) is 79.6 cm³/mol. The van der Waals surface area contributed by atoms with E-state index in [0.717, 1.165) is 0 Å². The summed E-state index contributed by atoms with van der Waals surface area (Å²) < 4.78 is 0. The lowest BCUT2D eigenvalue weighted by atomic mass is 9.77. The van der Waals surface area contributed by atoms with E-state index in [1.807, 2.05) is 0 Å². The molecule has 0 aromatic heterocycles. The maximum absolute atomic E-state index is 3.63. The fraction of sp³-hybridized carbons (Fsp3) is 1.00. The third-order valence-electron chi connectivity index (χ3n) is 4.24. The van der Waals surface area contributed by atoms with Gasteiger partial charge in [-0.25, -0.2) is 0 Å². The van der Waals surface area contributed by atoms with E-state index in [9.17, 15) is 0 Å². The van der Waals surface area contributed by atoms with Gasteiger partial charge in [0.1, 0.15) is 0 Å². The van der Waals surface area contributed by atoms with Gasteiger partial charge >= 0.3 is 0 Å². The van der Waals surface area contributed by atoms with Crippen molar-refractivity contribution in [2.24, 2.45) is 5.41 Å². The molecule has 0 aliphatic rings. The molecule has 17 heavy (non-hydrogen) atoms. The molecule has 104 valence electrons. The van der Waals surface area contributed by atoms with Crippen LogP contribution in [0.4, 0.5) is 0 Å². The van der Waals surface area contributed by atoms with Crippen LogP contribution in [0, 0.1) is 5.41 Å². The van der Waals surface area contributed by atoms with E-state index in [-0.39, 0.29) is 0 Å². The Kier molecular flexibility index (Phi) is 11.0. The molecule has 0 spiro atoms. The van der Waals surface area contributed by atoms with Crippen molar-refractivity contribution >= 4 is 0 Å². The first-order valence-electron chi connectivity index (χ1n) is 7.95. The van der Waals surface area contributed by atoms with Crippen LogP contribution in [0.3, 0.4) is 0 Å². The largest absolute Gasteiger partial charge is 0.316 e. The molecule has 0 heterocycles. The zero-order valence-corrected chi connectivity index (χ0v) is 12.8. The summed E-state index contributed by atoms with van der Waals surface area (Å²) in [6.07, 6.45) is 12.4. The fourth-order valence-electron chi connectivity index (χ4n) is 2.58. The number of rotatable bonds is 12. The molecule has 0 aliphatic heterocycles. The minimum Gasteiger partial charge on any atom is -0.316 e. The van der Waals surface area contributed by atoms with Crippen LogP contribution in [-0.2, 0) is 0 Å². The molecule has 0 radical (unpaired) electrons. The number of unbranched alkanes of at least 4 members (excludes halogenated alkanes) is 4. The third-order valence-corrected chi connectivity index (χ3v) is 4.24. The van der Waals surface area contributed by atoms with Crippen molar-refractivity contribution in [3.63, 3.8) is 0 Å². The highest BCUT2D eigenvalue weighted by atomic mass is 14.9. The molecule has 0 amide bonds. The van der Waals surface area contributed by atoms with E-state index in [0.29, 0.717) is 5.41 Å². The topological polar surface area (TPSA) is 12.0 Å². The van der Waals surface area contributed by atoms with Crippen molar-refractivity contribution in [3.05, 3.63) is 0 Å². The van der Waals surface area contributed by atoms with Crippen molar-refractivity contribution in [1.29, 1.82) is 0 Å². The molecule has 0 fully saturated rings. The summed E-state index contributed by atoms with van der Waals surface area (Å²) in [5.74, 6) is 0. The van der Waals surface area contributed by atoms with Crippen LogP contribution in [0.2, 0.25) is 0 Å². The van der Waals surface area contributed by atoms with E-state index in [1.54, 1.807) is 0 Å². The molecule has 0 unspecified atom stereocenters. The zero-order valence-electron chi connectivity index (χ0n) is 12.8. The molecule has 0 aliphatic carbocycles. The zero-order chi connectivity index (χ0) is 13.0. The molecule has 0 aromatic rings. The SMILES string of the molecule is CCCCCCCC(CC)(CC)CNCCC. The number of nitrogens with one attached hydrogen (secondary N) is 1. The van der Waals surface area contributed by atoms with Crippen LogP contribution in [0.5, 0.6) is 0 Å². The highest BCUT2D eigenvalue weighted by Gasteiger charge is 2.24. The maximum Gasteiger partial charge on any atom is 0.000760 e. The summed E-state index contributed by atoms with van der Waals surface area (Å²) in [5.41, 5.74) is 0.571. The van der Waals surface area contributed by atoms with Crippen molar-refractivity contribution in [3.8, 4) is 0 Å². The Bertz CT molecular complexity index is 150. The van der Waals surface area contributed by atoms with Crippen LogP contribution in [0.1, 0.15) is 85.5 Å². The van der Waals surface area contributed by atoms with E-state index < -0.39 is 0 Å². The molecule has 0 bridgehead atoms. The van der Waals surface area contributed by atoms with Gasteiger partial charge in [-0.2, -0.15) is 0 Å². The normalized spacial score (nSPS) is 12.0. The van der Waals surface area contributed by atoms with Gasteiger partial charge in [-0.15, -0.1) is 0 Å². The second-order valence-corrected chi connectivity index (χ2v) is 5.55. The predicted octanol–water partition coefficient (Wildman–Crippen LogP) is 5.15. The maximum atomic E-state index is 3.63. The molecule has 1 nitrogen and oxygen atoms in total. The lowest BCUT2D eigenvalue weighted by Crippen LogP contribution is -2.34. The Morgan fingerprint density at radius 3 is 1.94 bits per heavy atom. The molecule has 0 saturated heterocycles. The molecule has 0 atom stereocenters. The molecule has 1 N–H and O–H groups in total. The molecular formula is C16H35N. The minimum absolute atomic E-state index is 0.571. The molecule has 0 aromatic carbocycles.